The lowest BCUT2D eigenvalue weighted by Crippen LogP contribution is -2.48. The van der Waals surface area contributed by atoms with Gasteiger partial charge in [-0.3, -0.25) is 9.80 Å². The van der Waals surface area contributed by atoms with Crippen molar-refractivity contribution in [3.8, 4) is 0 Å². The van der Waals surface area contributed by atoms with Crippen LogP contribution in [0.1, 0.15) is 19.4 Å². The summed E-state index contributed by atoms with van der Waals surface area (Å²) in [7, 11) is 0. The van der Waals surface area contributed by atoms with Gasteiger partial charge in [-0.15, -0.1) is 0 Å². The Morgan fingerprint density at radius 2 is 1.80 bits per heavy atom. The van der Waals surface area contributed by atoms with Crippen LogP contribution in [-0.4, -0.2) is 66.4 Å². The highest BCUT2D eigenvalue weighted by Gasteiger charge is 2.34. The zero-order chi connectivity index (χ0) is 18.0. The van der Waals surface area contributed by atoms with Gasteiger partial charge in [0.1, 0.15) is 5.82 Å². The van der Waals surface area contributed by atoms with Gasteiger partial charge in [-0.05, 0) is 43.4 Å². The molecule has 1 aromatic carbocycles. The molecule has 4 nitrogen and oxygen atoms in total. The molecule has 2 aliphatic rings. The van der Waals surface area contributed by atoms with Crippen LogP contribution in [0.5, 0.6) is 0 Å². The Morgan fingerprint density at radius 1 is 1.12 bits per heavy atom. The summed E-state index contributed by atoms with van der Waals surface area (Å²) in [5.74, 6) is 0.329. The summed E-state index contributed by atoms with van der Waals surface area (Å²) in [5.41, 5.74) is 0.924. The number of hydrogen-bond acceptors (Lipinski definition) is 4. The second-order valence-electron chi connectivity index (χ2n) is 7.62. The molecule has 0 aliphatic carbocycles. The Bertz CT molecular complexity index is 579. The van der Waals surface area contributed by atoms with Gasteiger partial charge in [0.05, 0.1) is 17.2 Å². The minimum atomic E-state index is -0.370. The third-order valence-electron chi connectivity index (χ3n) is 5.26. The van der Waals surface area contributed by atoms with Crippen LogP contribution in [-0.2, 0) is 11.3 Å². The quantitative estimate of drug-likeness (QED) is 0.864. The van der Waals surface area contributed by atoms with Gasteiger partial charge in [0.15, 0.2) is 0 Å². The van der Waals surface area contributed by atoms with Crippen molar-refractivity contribution >= 4 is 11.6 Å². The van der Waals surface area contributed by atoms with Gasteiger partial charge < -0.3 is 9.84 Å². The third kappa shape index (κ3) is 4.92. The first-order chi connectivity index (χ1) is 11.9. The molecule has 3 rings (SSSR count). The van der Waals surface area contributed by atoms with E-state index in [2.05, 4.69) is 23.6 Å². The van der Waals surface area contributed by atoms with Crippen LogP contribution < -0.4 is 0 Å². The van der Waals surface area contributed by atoms with Crippen LogP contribution in [0.25, 0.3) is 0 Å². The average Bonchev–Trinajstić information content (AvgIpc) is 2.91. The van der Waals surface area contributed by atoms with Crippen LogP contribution in [0.4, 0.5) is 4.39 Å². The van der Waals surface area contributed by atoms with E-state index < -0.39 is 0 Å². The van der Waals surface area contributed by atoms with Crippen molar-refractivity contribution < 1.29 is 14.2 Å². The predicted molar refractivity (Wildman–Crippen MR) is 97.2 cm³/mol. The standard InChI is InChI=1S/C19H28ClFN2O2/c1-13-6-22(7-14(2)25-13)9-16-10-23(11-17(16)12-24)8-15-3-4-18(20)19(21)5-15/h3-5,13-14,16-17,24H,6-12H2,1-2H3/t13-,14+,16-,17-/m1/s1. The van der Waals surface area contributed by atoms with Gasteiger partial charge in [0.25, 0.3) is 0 Å². The summed E-state index contributed by atoms with van der Waals surface area (Å²) >= 11 is 5.76. The zero-order valence-electron chi connectivity index (χ0n) is 15.0. The van der Waals surface area contributed by atoms with E-state index >= 15 is 0 Å². The van der Waals surface area contributed by atoms with Gasteiger partial charge in [-0.25, -0.2) is 4.39 Å². The lowest BCUT2D eigenvalue weighted by Gasteiger charge is -2.37. The molecule has 6 heteroatoms. The number of aliphatic hydroxyl groups excluding tert-OH is 1. The minimum absolute atomic E-state index is 0.159. The number of hydrogen-bond donors (Lipinski definition) is 1. The first-order valence-corrected chi connectivity index (χ1v) is 9.47. The maximum Gasteiger partial charge on any atom is 0.142 e. The van der Waals surface area contributed by atoms with Crippen LogP contribution in [0.15, 0.2) is 18.2 Å². The zero-order valence-corrected chi connectivity index (χ0v) is 15.8. The van der Waals surface area contributed by atoms with Crippen LogP contribution in [0, 0.1) is 17.7 Å². The molecule has 0 saturated carbocycles. The van der Waals surface area contributed by atoms with Crippen LogP contribution in [0.2, 0.25) is 5.02 Å². The number of nitrogens with zero attached hydrogens (tertiary/aromatic N) is 2. The number of rotatable bonds is 5. The maximum atomic E-state index is 13.6. The van der Waals surface area contributed by atoms with Crippen molar-refractivity contribution in [3.05, 3.63) is 34.6 Å². The van der Waals surface area contributed by atoms with Crippen molar-refractivity contribution in [2.75, 3.05) is 39.3 Å². The first-order valence-electron chi connectivity index (χ1n) is 9.09. The number of benzene rings is 1. The molecule has 140 valence electrons. The molecule has 1 N–H and O–H groups in total. The second-order valence-corrected chi connectivity index (χ2v) is 8.03. The normalized spacial score (nSPS) is 31.6. The van der Waals surface area contributed by atoms with E-state index in [1.807, 2.05) is 6.07 Å². The van der Waals surface area contributed by atoms with E-state index in [1.165, 1.54) is 6.07 Å². The Kier molecular flexibility index (Phi) is 6.34. The molecule has 0 spiro atoms. The molecule has 0 bridgehead atoms. The summed E-state index contributed by atoms with van der Waals surface area (Å²) in [5, 5.41) is 9.95. The van der Waals surface area contributed by atoms with E-state index in [0.29, 0.717) is 12.5 Å². The molecule has 2 fully saturated rings. The van der Waals surface area contributed by atoms with Crippen molar-refractivity contribution in [2.24, 2.45) is 11.8 Å². The van der Waals surface area contributed by atoms with Crippen LogP contribution >= 0.6 is 11.6 Å². The van der Waals surface area contributed by atoms with E-state index in [0.717, 1.165) is 38.3 Å². The molecule has 0 unspecified atom stereocenters. The van der Waals surface area contributed by atoms with Crippen LogP contribution in [0.3, 0.4) is 0 Å². The highest BCUT2D eigenvalue weighted by Crippen LogP contribution is 2.27. The van der Waals surface area contributed by atoms with Gasteiger partial charge >= 0.3 is 0 Å². The van der Waals surface area contributed by atoms with Crippen molar-refractivity contribution in [1.29, 1.82) is 0 Å². The molecular weight excluding hydrogens is 343 g/mol. The summed E-state index contributed by atoms with van der Waals surface area (Å²) < 4.78 is 19.5. The molecule has 0 amide bonds. The SMILES string of the molecule is C[C@@H]1CN(C[C@@H]2CN(Cc3ccc(Cl)c(F)c3)C[C@@H]2CO)C[C@H](C)O1. The fourth-order valence-electron chi connectivity index (χ4n) is 4.24. The minimum Gasteiger partial charge on any atom is -0.396 e. The summed E-state index contributed by atoms with van der Waals surface area (Å²) in [4.78, 5) is 4.76. The number of halogens is 2. The second kappa shape index (κ2) is 8.31. The smallest absolute Gasteiger partial charge is 0.142 e. The lowest BCUT2D eigenvalue weighted by atomic mass is 9.96. The fraction of sp³-hybridized carbons (Fsp3) is 0.684. The van der Waals surface area contributed by atoms with Gasteiger partial charge in [0.2, 0.25) is 0 Å². The third-order valence-corrected chi connectivity index (χ3v) is 5.57. The van der Waals surface area contributed by atoms with Gasteiger partial charge in [0, 0.05) is 45.9 Å². The maximum absolute atomic E-state index is 13.6. The molecule has 2 aliphatic heterocycles. The highest BCUT2D eigenvalue weighted by atomic mass is 35.5. The van der Waals surface area contributed by atoms with E-state index in [-0.39, 0.29) is 35.6 Å². The molecule has 0 aromatic heterocycles. The lowest BCUT2D eigenvalue weighted by molar-refractivity contribution is -0.0727. The summed E-state index contributed by atoms with van der Waals surface area (Å²) in [6, 6.07) is 4.99. The molecular formula is C19H28ClFN2O2. The van der Waals surface area contributed by atoms with Gasteiger partial charge in [-0.1, -0.05) is 17.7 Å². The number of aliphatic hydroxyl groups is 1. The summed E-state index contributed by atoms with van der Waals surface area (Å²) in [6.07, 6.45) is 0.511. The number of morpholine rings is 1. The molecule has 25 heavy (non-hydrogen) atoms. The van der Waals surface area contributed by atoms with Gasteiger partial charge in [-0.2, -0.15) is 0 Å². The Labute approximate surface area is 154 Å². The monoisotopic (exact) mass is 370 g/mol. The van der Waals surface area contributed by atoms with Crippen molar-refractivity contribution in [3.63, 3.8) is 0 Å². The topological polar surface area (TPSA) is 35.9 Å². The predicted octanol–water partition coefficient (Wildman–Crippen LogP) is 2.63. The largest absolute Gasteiger partial charge is 0.396 e. The Balaban J connectivity index is 1.59. The Morgan fingerprint density at radius 3 is 2.44 bits per heavy atom. The molecule has 0 radical (unpaired) electrons. The van der Waals surface area contributed by atoms with E-state index in [1.54, 1.807) is 6.07 Å². The van der Waals surface area contributed by atoms with E-state index in [4.69, 9.17) is 16.3 Å². The average molecular weight is 371 g/mol. The fourth-order valence-corrected chi connectivity index (χ4v) is 4.36. The Hall–Kier alpha value is -0.720. The first kappa shape index (κ1) is 19.1. The molecule has 1 aromatic rings. The van der Waals surface area contributed by atoms with Crippen molar-refractivity contribution in [2.45, 2.75) is 32.6 Å². The number of ether oxygens (including phenoxy) is 1. The number of likely N-dealkylation sites (tertiary alicyclic amines) is 1. The molecule has 4 atom stereocenters. The highest BCUT2D eigenvalue weighted by molar-refractivity contribution is 6.30. The molecule has 2 heterocycles. The van der Waals surface area contributed by atoms with Crippen molar-refractivity contribution in [1.82, 2.24) is 9.80 Å². The summed E-state index contributed by atoms with van der Waals surface area (Å²) in [6.45, 7) is 9.76. The molecule has 2 saturated heterocycles. The van der Waals surface area contributed by atoms with E-state index in [9.17, 15) is 9.50 Å².